The summed E-state index contributed by atoms with van der Waals surface area (Å²) in [5.41, 5.74) is 0. The van der Waals surface area contributed by atoms with E-state index in [1.165, 1.54) is 0 Å². The number of aliphatic carboxylic acids is 1. The Morgan fingerprint density at radius 2 is 2.00 bits per heavy atom. The van der Waals surface area contributed by atoms with Crippen molar-refractivity contribution in [3.8, 4) is 0 Å². The quantitative estimate of drug-likeness (QED) is 0.689. The maximum atomic E-state index is 10.1. The Hall–Kier alpha value is -0.610. The summed E-state index contributed by atoms with van der Waals surface area (Å²) in [4.78, 5) is 10.1. The lowest BCUT2D eigenvalue weighted by Gasteiger charge is -2.08. The SMILES string of the molecule is CCCCO.CCOC(C)CCC(=O)O. The molecule has 2 N–H and O–H groups in total. The van der Waals surface area contributed by atoms with Gasteiger partial charge in [0.25, 0.3) is 0 Å². The monoisotopic (exact) mass is 220 g/mol. The summed E-state index contributed by atoms with van der Waals surface area (Å²) in [5, 5.41) is 16.3. The average molecular weight is 220 g/mol. The Balaban J connectivity index is 0. The molecule has 0 bridgehead atoms. The summed E-state index contributed by atoms with van der Waals surface area (Å²) in [6.45, 7) is 6.83. The molecule has 0 aliphatic carbocycles. The molecule has 0 aromatic rings. The Morgan fingerprint density at radius 1 is 1.40 bits per heavy atom. The summed E-state index contributed by atoms with van der Waals surface area (Å²) < 4.78 is 5.13. The maximum Gasteiger partial charge on any atom is 0.303 e. The lowest BCUT2D eigenvalue weighted by atomic mass is 10.2. The van der Waals surface area contributed by atoms with Gasteiger partial charge in [0.1, 0.15) is 0 Å². The number of carbonyl (C=O) groups is 1. The minimum absolute atomic E-state index is 0.0705. The van der Waals surface area contributed by atoms with Crippen molar-refractivity contribution in [1.82, 2.24) is 0 Å². The van der Waals surface area contributed by atoms with Crippen LogP contribution in [0.2, 0.25) is 0 Å². The second-order valence-electron chi connectivity index (χ2n) is 3.28. The Labute approximate surface area is 92.3 Å². The first-order valence-electron chi connectivity index (χ1n) is 5.52. The number of hydrogen-bond donors (Lipinski definition) is 2. The topological polar surface area (TPSA) is 66.8 Å². The lowest BCUT2D eigenvalue weighted by Crippen LogP contribution is -2.09. The second kappa shape index (κ2) is 13.4. The first kappa shape index (κ1) is 16.8. The molecular formula is C11H24O4. The first-order valence-corrected chi connectivity index (χ1v) is 5.52. The van der Waals surface area contributed by atoms with Crippen LogP contribution in [0.3, 0.4) is 0 Å². The van der Waals surface area contributed by atoms with E-state index in [0.717, 1.165) is 12.8 Å². The molecule has 15 heavy (non-hydrogen) atoms. The molecule has 0 saturated carbocycles. The van der Waals surface area contributed by atoms with Crippen LogP contribution in [0.5, 0.6) is 0 Å². The number of carboxylic acids is 1. The highest BCUT2D eigenvalue weighted by Crippen LogP contribution is 2.00. The van der Waals surface area contributed by atoms with E-state index >= 15 is 0 Å². The number of carboxylic acid groups (broad SMARTS) is 1. The van der Waals surface area contributed by atoms with E-state index in [-0.39, 0.29) is 12.5 Å². The summed E-state index contributed by atoms with van der Waals surface area (Å²) >= 11 is 0. The van der Waals surface area contributed by atoms with E-state index in [9.17, 15) is 4.79 Å². The van der Waals surface area contributed by atoms with Gasteiger partial charge in [-0.1, -0.05) is 13.3 Å². The van der Waals surface area contributed by atoms with Crippen LogP contribution >= 0.6 is 0 Å². The van der Waals surface area contributed by atoms with Crippen molar-refractivity contribution in [2.45, 2.75) is 52.6 Å². The highest BCUT2D eigenvalue weighted by Gasteiger charge is 2.03. The van der Waals surface area contributed by atoms with Crippen molar-refractivity contribution < 1.29 is 19.7 Å². The van der Waals surface area contributed by atoms with Crippen LogP contribution < -0.4 is 0 Å². The summed E-state index contributed by atoms with van der Waals surface area (Å²) in [5.74, 6) is -0.758. The molecule has 0 heterocycles. The minimum atomic E-state index is -0.758. The van der Waals surface area contributed by atoms with Gasteiger partial charge in [-0.25, -0.2) is 0 Å². The normalized spacial score (nSPS) is 11.5. The molecule has 0 saturated heterocycles. The first-order chi connectivity index (χ1) is 7.08. The van der Waals surface area contributed by atoms with Gasteiger partial charge in [-0.15, -0.1) is 0 Å². The molecule has 1 atom stereocenters. The summed E-state index contributed by atoms with van der Waals surface area (Å²) in [6, 6.07) is 0. The van der Waals surface area contributed by atoms with Gasteiger partial charge in [0.15, 0.2) is 0 Å². The predicted octanol–water partition coefficient (Wildman–Crippen LogP) is 2.05. The van der Waals surface area contributed by atoms with Gasteiger partial charge in [-0.3, -0.25) is 4.79 Å². The molecule has 92 valence electrons. The van der Waals surface area contributed by atoms with Gasteiger partial charge >= 0.3 is 5.97 Å². The number of unbranched alkanes of at least 4 members (excludes halogenated alkanes) is 1. The molecule has 4 nitrogen and oxygen atoms in total. The molecule has 1 unspecified atom stereocenters. The van der Waals surface area contributed by atoms with Crippen molar-refractivity contribution in [3.63, 3.8) is 0 Å². The zero-order chi connectivity index (χ0) is 12.1. The molecule has 0 radical (unpaired) electrons. The smallest absolute Gasteiger partial charge is 0.303 e. The molecule has 4 heteroatoms. The molecule has 0 aromatic heterocycles. The van der Waals surface area contributed by atoms with Crippen molar-refractivity contribution in [2.24, 2.45) is 0 Å². The highest BCUT2D eigenvalue weighted by molar-refractivity contribution is 5.66. The Bertz CT molecular complexity index is 135. The molecule has 0 fully saturated rings. The maximum absolute atomic E-state index is 10.1. The summed E-state index contributed by atoms with van der Waals surface area (Å²) in [6.07, 6.45) is 2.90. The van der Waals surface area contributed by atoms with Gasteiger partial charge in [0.2, 0.25) is 0 Å². The number of rotatable bonds is 7. The van der Waals surface area contributed by atoms with Gasteiger partial charge in [0, 0.05) is 19.6 Å². The molecule has 0 spiro atoms. The standard InChI is InChI=1S/C7H14O3.C4H10O/c1-3-10-6(2)4-5-7(8)9;1-2-3-4-5/h6H,3-5H2,1-2H3,(H,8,9);5H,2-4H2,1H3. The van der Waals surface area contributed by atoms with Crippen LogP contribution in [-0.2, 0) is 9.53 Å². The fourth-order valence-corrected chi connectivity index (χ4v) is 0.853. The largest absolute Gasteiger partial charge is 0.481 e. The highest BCUT2D eigenvalue weighted by atomic mass is 16.5. The van der Waals surface area contributed by atoms with E-state index in [2.05, 4.69) is 6.92 Å². The molecule has 0 aliphatic heterocycles. The number of aliphatic hydroxyl groups is 1. The fourth-order valence-electron chi connectivity index (χ4n) is 0.853. The van der Waals surface area contributed by atoms with Crippen molar-refractivity contribution >= 4 is 5.97 Å². The van der Waals surface area contributed by atoms with Crippen LogP contribution in [-0.4, -0.2) is 35.5 Å². The second-order valence-corrected chi connectivity index (χ2v) is 3.28. The third-order valence-electron chi connectivity index (χ3n) is 1.73. The molecule has 0 aromatic carbocycles. The van der Waals surface area contributed by atoms with Gasteiger partial charge in [-0.05, 0) is 26.7 Å². The Morgan fingerprint density at radius 3 is 2.27 bits per heavy atom. The van der Waals surface area contributed by atoms with Gasteiger partial charge in [-0.2, -0.15) is 0 Å². The Kier molecular flexibility index (Phi) is 15.0. The molecule has 0 aliphatic rings. The van der Waals surface area contributed by atoms with Gasteiger partial charge < -0.3 is 14.9 Å². The van der Waals surface area contributed by atoms with E-state index in [1.54, 1.807) is 0 Å². The zero-order valence-electron chi connectivity index (χ0n) is 10.0. The third-order valence-corrected chi connectivity index (χ3v) is 1.73. The van der Waals surface area contributed by atoms with Gasteiger partial charge in [0.05, 0.1) is 6.10 Å². The average Bonchev–Trinajstić information content (AvgIpc) is 2.17. The van der Waals surface area contributed by atoms with E-state index in [4.69, 9.17) is 14.9 Å². The van der Waals surface area contributed by atoms with E-state index in [1.807, 2.05) is 13.8 Å². The molecule has 0 rings (SSSR count). The van der Waals surface area contributed by atoms with Crippen LogP contribution in [0.4, 0.5) is 0 Å². The van der Waals surface area contributed by atoms with Crippen LogP contribution in [0.1, 0.15) is 46.5 Å². The third kappa shape index (κ3) is 19.7. The van der Waals surface area contributed by atoms with Crippen LogP contribution in [0.25, 0.3) is 0 Å². The fraction of sp³-hybridized carbons (Fsp3) is 0.909. The van der Waals surface area contributed by atoms with Crippen LogP contribution in [0.15, 0.2) is 0 Å². The van der Waals surface area contributed by atoms with Crippen molar-refractivity contribution in [3.05, 3.63) is 0 Å². The minimum Gasteiger partial charge on any atom is -0.481 e. The van der Waals surface area contributed by atoms with Crippen molar-refractivity contribution in [2.75, 3.05) is 13.2 Å². The predicted molar refractivity (Wildman–Crippen MR) is 60.0 cm³/mol. The number of ether oxygens (including phenoxy) is 1. The van der Waals surface area contributed by atoms with E-state index < -0.39 is 5.97 Å². The summed E-state index contributed by atoms with van der Waals surface area (Å²) in [7, 11) is 0. The van der Waals surface area contributed by atoms with Crippen molar-refractivity contribution in [1.29, 1.82) is 0 Å². The molecule has 0 amide bonds. The number of aliphatic hydroxyl groups excluding tert-OH is 1. The number of hydrogen-bond acceptors (Lipinski definition) is 3. The van der Waals surface area contributed by atoms with Crippen LogP contribution in [0, 0.1) is 0 Å². The molecular weight excluding hydrogens is 196 g/mol. The lowest BCUT2D eigenvalue weighted by molar-refractivity contribution is -0.137. The zero-order valence-corrected chi connectivity index (χ0v) is 10.0. The van der Waals surface area contributed by atoms with E-state index in [0.29, 0.717) is 19.6 Å².